The van der Waals surface area contributed by atoms with Crippen LogP contribution in [0.4, 0.5) is 0 Å². The normalized spacial score (nSPS) is 13.2. The molecule has 0 aromatic carbocycles. The molecule has 0 aliphatic carbocycles. The third-order valence-electron chi connectivity index (χ3n) is 2.53. The summed E-state index contributed by atoms with van der Waals surface area (Å²) in [5, 5.41) is 0. The SMILES string of the molecule is C=C=C1C=CC(=O)N1CCCCCC(C)=O.CC. The van der Waals surface area contributed by atoms with Crippen LogP contribution >= 0.6 is 0 Å². The van der Waals surface area contributed by atoms with Crippen molar-refractivity contribution in [2.75, 3.05) is 6.54 Å². The van der Waals surface area contributed by atoms with Gasteiger partial charge in [-0.05, 0) is 25.8 Å². The molecule has 0 fully saturated rings. The topological polar surface area (TPSA) is 37.4 Å². The minimum Gasteiger partial charge on any atom is -0.302 e. The van der Waals surface area contributed by atoms with E-state index in [1.807, 2.05) is 13.8 Å². The van der Waals surface area contributed by atoms with Crippen LogP contribution in [-0.4, -0.2) is 23.1 Å². The predicted molar refractivity (Wildman–Crippen MR) is 74.0 cm³/mol. The van der Waals surface area contributed by atoms with Gasteiger partial charge in [-0.25, -0.2) is 0 Å². The van der Waals surface area contributed by atoms with Gasteiger partial charge in [-0.3, -0.25) is 4.79 Å². The molecule has 0 spiro atoms. The van der Waals surface area contributed by atoms with Crippen LogP contribution in [0.15, 0.2) is 30.2 Å². The molecule has 0 unspecified atom stereocenters. The highest BCUT2D eigenvalue weighted by Gasteiger charge is 2.18. The molecular formula is C15H23NO2. The third-order valence-corrected chi connectivity index (χ3v) is 2.53. The molecule has 1 aliphatic heterocycles. The fourth-order valence-electron chi connectivity index (χ4n) is 1.65. The van der Waals surface area contributed by atoms with Crippen molar-refractivity contribution in [3.8, 4) is 0 Å². The van der Waals surface area contributed by atoms with Crippen LogP contribution in [0.1, 0.15) is 46.5 Å². The van der Waals surface area contributed by atoms with E-state index >= 15 is 0 Å². The second-order valence-electron chi connectivity index (χ2n) is 3.90. The number of Topliss-reactive ketones (excluding diaryl/α,β-unsaturated/α-hetero) is 1. The lowest BCUT2D eigenvalue weighted by atomic mass is 10.1. The molecule has 1 rings (SSSR count). The summed E-state index contributed by atoms with van der Waals surface area (Å²) >= 11 is 0. The Morgan fingerprint density at radius 2 is 1.94 bits per heavy atom. The van der Waals surface area contributed by atoms with Crippen molar-refractivity contribution in [1.82, 2.24) is 4.90 Å². The third kappa shape index (κ3) is 5.65. The maximum atomic E-state index is 11.4. The van der Waals surface area contributed by atoms with Gasteiger partial charge in [-0.15, -0.1) is 5.73 Å². The van der Waals surface area contributed by atoms with Crippen molar-refractivity contribution in [3.63, 3.8) is 0 Å². The molecule has 1 heterocycles. The number of amides is 1. The number of ketones is 1. The Hall–Kier alpha value is -1.60. The fraction of sp³-hybridized carbons (Fsp3) is 0.533. The molecule has 0 saturated heterocycles. The van der Waals surface area contributed by atoms with Gasteiger partial charge in [-0.2, -0.15) is 0 Å². The molecule has 18 heavy (non-hydrogen) atoms. The van der Waals surface area contributed by atoms with Crippen molar-refractivity contribution in [2.24, 2.45) is 0 Å². The minimum atomic E-state index is -0.00211. The van der Waals surface area contributed by atoms with E-state index in [-0.39, 0.29) is 11.7 Å². The zero-order valence-corrected chi connectivity index (χ0v) is 11.7. The van der Waals surface area contributed by atoms with Crippen molar-refractivity contribution in [1.29, 1.82) is 0 Å². The lowest BCUT2D eigenvalue weighted by Gasteiger charge is -2.16. The highest BCUT2D eigenvalue weighted by molar-refractivity contribution is 5.93. The first-order valence-corrected chi connectivity index (χ1v) is 6.54. The molecule has 3 nitrogen and oxygen atoms in total. The molecule has 0 saturated carbocycles. The van der Waals surface area contributed by atoms with Gasteiger partial charge in [0, 0.05) is 19.0 Å². The summed E-state index contributed by atoms with van der Waals surface area (Å²) in [4.78, 5) is 23.8. The number of allylic oxidation sites excluding steroid dienone is 1. The molecule has 1 aliphatic rings. The molecule has 0 aromatic heterocycles. The Morgan fingerprint density at radius 3 is 2.50 bits per heavy atom. The lowest BCUT2D eigenvalue weighted by Crippen LogP contribution is -2.24. The zero-order chi connectivity index (χ0) is 14.0. The molecule has 0 bridgehead atoms. The molecule has 1 amide bonds. The maximum Gasteiger partial charge on any atom is 0.251 e. The van der Waals surface area contributed by atoms with Crippen LogP contribution in [0.2, 0.25) is 0 Å². The number of hydrogen-bond acceptors (Lipinski definition) is 2. The zero-order valence-electron chi connectivity index (χ0n) is 11.7. The Bertz CT molecular complexity index is 363. The summed E-state index contributed by atoms with van der Waals surface area (Å²) in [6.07, 6.45) is 6.67. The Kier molecular flexibility index (Phi) is 8.59. The van der Waals surface area contributed by atoms with Gasteiger partial charge < -0.3 is 9.69 Å². The first kappa shape index (κ1) is 16.4. The van der Waals surface area contributed by atoms with Crippen molar-refractivity contribution < 1.29 is 9.59 Å². The number of nitrogens with zero attached hydrogens (tertiary/aromatic N) is 1. The minimum absolute atomic E-state index is 0.00211. The summed E-state index contributed by atoms with van der Waals surface area (Å²) in [6, 6.07) is 0. The van der Waals surface area contributed by atoms with E-state index in [9.17, 15) is 9.59 Å². The largest absolute Gasteiger partial charge is 0.302 e. The van der Waals surface area contributed by atoms with E-state index < -0.39 is 0 Å². The molecule has 0 aromatic rings. The van der Waals surface area contributed by atoms with Gasteiger partial charge in [0.15, 0.2) is 0 Å². The average Bonchev–Trinajstić information content (AvgIpc) is 2.72. The molecule has 0 radical (unpaired) electrons. The average molecular weight is 249 g/mol. The summed E-state index contributed by atoms with van der Waals surface area (Å²) in [5.74, 6) is 0.225. The van der Waals surface area contributed by atoms with E-state index in [0.717, 1.165) is 25.0 Å². The predicted octanol–water partition coefficient (Wildman–Crippen LogP) is 3.23. The van der Waals surface area contributed by atoms with Crippen LogP contribution in [0.25, 0.3) is 0 Å². The first-order chi connectivity index (χ1) is 8.65. The fourth-order valence-corrected chi connectivity index (χ4v) is 1.65. The molecule has 100 valence electrons. The van der Waals surface area contributed by atoms with Crippen LogP contribution < -0.4 is 0 Å². The number of carbonyl (C=O) groups is 2. The van der Waals surface area contributed by atoms with E-state index in [1.54, 1.807) is 17.9 Å². The van der Waals surface area contributed by atoms with Crippen molar-refractivity contribution in [3.05, 3.63) is 30.2 Å². The van der Waals surface area contributed by atoms with E-state index in [2.05, 4.69) is 12.3 Å². The molecule has 0 N–H and O–H groups in total. The van der Waals surface area contributed by atoms with Gasteiger partial charge in [0.1, 0.15) is 5.78 Å². The number of hydrogen-bond donors (Lipinski definition) is 0. The summed E-state index contributed by atoms with van der Waals surface area (Å²) in [6.45, 7) is 9.83. The quantitative estimate of drug-likeness (QED) is 0.535. The second-order valence-corrected chi connectivity index (χ2v) is 3.90. The number of unbranched alkanes of at least 4 members (excludes halogenated alkanes) is 2. The Balaban J connectivity index is 0.00000137. The highest BCUT2D eigenvalue weighted by atomic mass is 16.2. The summed E-state index contributed by atoms with van der Waals surface area (Å²) < 4.78 is 0. The van der Waals surface area contributed by atoms with Gasteiger partial charge in [0.05, 0.1) is 5.70 Å². The van der Waals surface area contributed by atoms with Crippen LogP contribution in [0.3, 0.4) is 0 Å². The Morgan fingerprint density at radius 1 is 1.28 bits per heavy atom. The molecule has 3 heteroatoms. The van der Waals surface area contributed by atoms with Crippen molar-refractivity contribution >= 4 is 11.7 Å². The summed E-state index contributed by atoms with van der Waals surface area (Å²) in [7, 11) is 0. The number of rotatable bonds is 6. The van der Waals surface area contributed by atoms with Crippen LogP contribution in [-0.2, 0) is 9.59 Å². The van der Waals surface area contributed by atoms with Gasteiger partial charge in [-0.1, -0.05) is 26.8 Å². The molecule has 0 atom stereocenters. The highest BCUT2D eigenvalue weighted by Crippen LogP contribution is 2.15. The first-order valence-electron chi connectivity index (χ1n) is 6.54. The van der Waals surface area contributed by atoms with Gasteiger partial charge >= 0.3 is 0 Å². The monoisotopic (exact) mass is 249 g/mol. The van der Waals surface area contributed by atoms with Crippen molar-refractivity contribution in [2.45, 2.75) is 46.5 Å². The molecular weight excluding hydrogens is 226 g/mol. The Labute approximate surface area is 110 Å². The number of carbonyl (C=O) groups excluding carboxylic acids is 2. The maximum absolute atomic E-state index is 11.4. The van der Waals surface area contributed by atoms with Gasteiger partial charge in [0.2, 0.25) is 0 Å². The smallest absolute Gasteiger partial charge is 0.251 e. The van der Waals surface area contributed by atoms with E-state index in [1.165, 1.54) is 6.08 Å². The standard InChI is InChI=1S/C13H17NO2.C2H6/c1-3-12-8-9-13(16)14(12)10-6-4-5-7-11(2)15;1-2/h8-9H,1,4-7,10H2,2H3;1-2H3. The summed E-state index contributed by atoms with van der Waals surface area (Å²) in [5.41, 5.74) is 3.48. The van der Waals surface area contributed by atoms with E-state index in [4.69, 9.17) is 0 Å². The van der Waals surface area contributed by atoms with Crippen LogP contribution in [0.5, 0.6) is 0 Å². The lowest BCUT2D eigenvalue weighted by molar-refractivity contribution is -0.123. The van der Waals surface area contributed by atoms with Gasteiger partial charge in [0.25, 0.3) is 5.91 Å². The van der Waals surface area contributed by atoms with Crippen LogP contribution in [0, 0.1) is 0 Å². The van der Waals surface area contributed by atoms with E-state index in [0.29, 0.717) is 13.0 Å². The second kappa shape index (κ2) is 9.43.